The number of rotatable bonds is 2. The molecule has 0 saturated carbocycles. The SMILES string of the molecule is CC(O)(c1c(F)c(F)c(F)c(F)c1F)c1c(F)c(F)c(F)c(F)c1F. The van der Waals surface area contributed by atoms with E-state index in [4.69, 9.17) is 0 Å². The van der Waals surface area contributed by atoms with Crippen LogP contribution in [0.2, 0.25) is 0 Å². The van der Waals surface area contributed by atoms with Crippen LogP contribution in [0.5, 0.6) is 0 Å². The highest BCUT2D eigenvalue weighted by molar-refractivity contribution is 5.40. The van der Waals surface area contributed by atoms with Crippen LogP contribution >= 0.6 is 0 Å². The third kappa shape index (κ3) is 2.53. The summed E-state index contributed by atoms with van der Waals surface area (Å²) in [6.45, 7) is 0.101. The first-order valence-corrected chi connectivity index (χ1v) is 6.11. The fourth-order valence-corrected chi connectivity index (χ4v) is 2.19. The zero-order valence-corrected chi connectivity index (χ0v) is 11.7. The molecule has 2 aromatic rings. The van der Waals surface area contributed by atoms with Gasteiger partial charge in [-0.3, -0.25) is 0 Å². The maximum atomic E-state index is 13.7. The molecule has 0 radical (unpaired) electrons. The van der Waals surface area contributed by atoms with Crippen LogP contribution in [-0.4, -0.2) is 5.11 Å². The lowest BCUT2D eigenvalue weighted by Crippen LogP contribution is -2.31. The normalized spacial score (nSPS) is 12.0. The molecule has 0 bridgehead atoms. The van der Waals surface area contributed by atoms with E-state index in [-0.39, 0.29) is 6.92 Å². The molecule has 0 heterocycles. The minimum Gasteiger partial charge on any atom is -0.380 e. The van der Waals surface area contributed by atoms with E-state index in [1.807, 2.05) is 0 Å². The minimum absolute atomic E-state index is 0.101. The Morgan fingerprint density at radius 3 is 0.800 bits per heavy atom. The maximum Gasteiger partial charge on any atom is 0.200 e. The summed E-state index contributed by atoms with van der Waals surface area (Å²) in [6.07, 6.45) is 0. The standard InChI is InChI=1S/C14H4F10O/c1-14(25,2-4(15)8(19)12(23)9(20)5(2)16)3-6(17)10(21)13(24)11(22)7(3)18/h25H,1H3. The van der Waals surface area contributed by atoms with Gasteiger partial charge in [0.25, 0.3) is 0 Å². The smallest absolute Gasteiger partial charge is 0.200 e. The summed E-state index contributed by atoms with van der Waals surface area (Å²) < 4.78 is 134. The van der Waals surface area contributed by atoms with Crippen molar-refractivity contribution in [3.8, 4) is 0 Å². The minimum atomic E-state index is -3.80. The first-order chi connectivity index (χ1) is 11.4. The van der Waals surface area contributed by atoms with Gasteiger partial charge in [0.2, 0.25) is 11.6 Å². The lowest BCUT2D eigenvalue weighted by molar-refractivity contribution is 0.0794. The number of hydrogen-bond acceptors (Lipinski definition) is 1. The molecule has 25 heavy (non-hydrogen) atoms. The first-order valence-electron chi connectivity index (χ1n) is 6.11. The van der Waals surface area contributed by atoms with E-state index in [1.54, 1.807) is 0 Å². The van der Waals surface area contributed by atoms with Gasteiger partial charge in [-0.05, 0) is 6.92 Å². The van der Waals surface area contributed by atoms with E-state index in [2.05, 4.69) is 0 Å². The third-order valence-electron chi connectivity index (χ3n) is 3.39. The Hall–Kier alpha value is -2.30. The highest BCUT2D eigenvalue weighted by Crippen LogP contribution is 2.39. The number of benzene rings is 2. The van der Waals surface area contributed by atoms with Crippen molar-refractivity contribution in [2.75, 3.05) is 0 Å². The van der Waals surface area contributed by atoms with E-state index in [0.717, 1.165) is 0 Å². The Kier molecular flexibility index (Phi) is 4.49. The molecular formula is C14H4F10O. The van der Waals surface area contributed by atoms with Crippen LogP contribution in [-0.2, 0) is 5.60 Å². The highest BCUT2D eigenvalue weighted by atomic mass is 19.2. The van der Waals surface area contributed by atoms with Crippen LogP contribution in [0, 0.1) is 58.2 Å². The molecule has 0 amide bonds. The van der Waals surface area contributed by atoms with Crippen molar-refractivity contribution >= 4 is 0 Å². The van der Waals surface area contributed by atoms with Gasteiger partial charge in [0.1, 0.15) is 5.60 Å². The van der Waals surface area contributed by atoms with Crippen LogP contribution in [0.3, 0.4) is 0 Å². The van der Waals surface area contributed by atoms with E-state index >= 15 is 0 Å². The molecule has 0 aliphatic heterocycles. The fourth-order valence-electron chi connectivity index (χ4n) is 2.19. The molecule has 0 fully saturated rings. The van der Waals surface area contributed by atoms with Gasteiger partial charge in [-0.15, -0.1) is 0 Å². The van der Waals surface area contributed by atoms with Crippen LogP contribution in [0.1, 0.15) is 18.1 Å². The van der Waals surface area contributed by atoms with Gasteiger partial charge in [-0.25, -0.2) is 43.9 Å². The second-order valence-electron chi connectivity index (χ2n) is 4.96. The molecule has 11 heteroatoms. The maximum absolute atomic E-state index is 13.7. The Bertz CT molecular complexity index is 761. The number of aliphatic hydroxyl groups is 1. The predicted molar refractivity (Wildman–Crippen MR) is 61.1 cm³/mol. The number of hydrogen-bond donors (Lipinski definition) is 1. The van der Waals surface area contributed by atoms with Crippen LogP contribution in [0.15, 0.2) is 0 Å². The Labute approximate surface area is 132 Å². The number of halogens is 10. The van der Waals surface area contributed by atoms with Gasteiger partial charge in [-0.2, -0.15) is 0 Å². The van der Waals surface area contributed by atoms with Crippen LogP contribution < -0.4 is 0 Å². The van der Waals surface area contributed by atoms with E-state index in [1.165, 1.54) is 0 Å². The molecule has 2 aromatic carbocycles. The lowest BCUT2D eigenvalue weighted by Gasteiger charge is -2.27. The van der Waals surface area contributed by atoms with Crippen molar-refractivity contribution < 1.29 is 49.0 Å². The molecule has 1 nitrogen and oxygen atoms in total. The predicted octanol–water partition coefficient (Wildman–Crippen LogP) is 4.33. The molecule has 0 atom stereocenters. The third-order valence-corrected chi connectivity index (χ3v) is 3.39. The van der Waals surface area contributed by atoms with Gasteiger partial charge >= 0.3 is 0 Å². The van der Waals surface area contributed by atoms with Crippen LogP contribution in [0.4, 0.5) is 43.9 Å². The second-order valence-corrected chi connectivity index (χ2v) is 4.96. The molecule has 0 saturated heterocycles. The molecule has 0 spiro atoms. The van der Waals surface area contributed by atoms with Crippen molar-refractivity contribution in [3.05, 3.63) is 69.3 Å². The van der Waals surface area contributed by atoms with Crippen LogP contribution in [0.25, 0.3) is 0 Å². The topological polar surface area (TPSA) is 20.2 Å². The van der Waals surface area contributed by atoms with Gasteiger partial charge in [0, 0.05) is 0 Å². The first kappa shape index (κ1) is 19.0. The Morgan fingerprint density at radius 1 is 0.440 bits per heavy atom. The Balaban J connectivity index is 2.96. The molecule has 0 aliphatic carbocycles. The van der Waals surface area contributed by atoms with E-state index in [9.17, 15) is 49.0 Å². The highest BCUT2D eigenvalue weighted by Gasteiger charge is 2.44. The zero-order chi connectivity index (χ0) is 19.4. The summed E-state index contributed by atoms with van der Waals surface area (Å²) in [5, 5.41) is 9.99. The summed E-state index contributed by atoms with van der Waals surface area (Å²) in [6, 6.07) is 0. The fraction of sp³-hybridized carbons (Fsp3) is 0.143. The summed E-state index contributed by atoms with van der Waals surface area (Å²) >= 11 is 0. The lowest BCUT2D eigenvalue weighted by atomic mass is 9.86. The molecule has 1 N–H and O–H groups in total. The van der Waals surface area contributed by atoms with Crippen molar-refractivity contribution in [2.45, 2.75) is 12.5 Å². The van der Waals surface area contributed by atoms with Crippen molar-refractivity contribution in [2.24, 2.45) is 0 Å². The van der Waals surface area contributed by atoms with Gasteiger partial charge in [-0.1, -0.05) is 0 Å². The van der Waals surface area contributed by atoms with Gasteiger partial charge < -0.3 is 5.11 Å². The average molecular weight is 378 g/mol. The largest absolute Gasteiger partial charge is 0.380 e. The van der Waals surface area contributed by atoms with E-state index in [0.29, 0.717) is 0 Å². The molecule has 0 unspecified atom stereocenters. The second kappa shape index (κ2) is 5.90. The monoisotopic (exact) mass is 378 g/mol. The molecule has 0 aliphatic rings. The molecule has 2 rings (SSSR count). The molecular weight excluding hydrogens is 374 g/mol. The van der Waals surface area contributed by atoms with Gasteiger partial charge in [0.15, 0.2) is 46.5 Å². The summed E-state index contributed by atoms with van der Waals surface area (Å²) in [5.74, 6) is -26.4. The van der Waals surface area contributed by atoms with E-state index < -0.39 is 74.9 Å². The molecule has 0 aromatic heterocycles. The average Bonchev–Trinajstić information content (AvgIpc) is 2.54. The van der Waals surface area contributed by atoms with Gasteiger partial charge in [0.05, 0.1) is 11.1 Å². The quantitative estimate of drug-likeness (QED) is 0.469. The molecule has 136 valence electrons. The van der Waals surface area contributed by atoms with Crippen molar-refractivity contribution in [3.63, 3.8) is 0 Å². The summed E-state index contributed by atoms with van der Waals surface area (Å²) in [7, 11) is 0. The van der Waals surface area contributed by atoms with Crippen molar-refractivity contribution in [1.29, 1.82) is 0 Å². The Morgan fingerprint density at radius 2 is 0.600 bits per heavy atom. The summed E-state index contributed by atoms with van der Waals surface area (Å²) in [5.41, 5.74) is -8.17. The zero-order valence-electron chi connectivity index (χ0n) is 11.7. The van der Waals surface area contributed by atoms with Crippen molar-refractivity contribution in [1.82, 2.24) is 0 Å². The summed E-state index contributed by atoms with van der Waals surface area (Å²) in [4.78, 5) is 0.